The predicted octanol–water partition coefficient (Wildman–Crippen LogP) is 6.67. The van der Waals surface area contributed by atoms with Crippen molar-refractivity contribution in [2.24, 2.45) is 0 Å². The van der Waals surface area contributed by atoms with Crippen LogP contribution in [0.4, 0.5) is 19.0 Å². The fraction of sp³-hybridized carbons (Fsp3) is 0.154. The molecule has 0 aliphatic carbocycles. The van der Waals surface area contributed by atoms with E-state index < -0.39 is 18.1 Å². The summed E-state index contributed by atoms with van der Waals surface area (Å²) >= 11 is 12.3. The molecule has 0 aliphatic rings. The van der Waals surface area contributed by atoms with Gasteiger partial charge in [0.25, 0.3) is 6.43 Å². The summed E-state index contributed by atoms with van der Waals surface area (Å²) in [7, 11) is 0. The fourth-order valence-corrected chi connectivity index (χ4v) is 4.55. The monoisotopic (exact) mass is 558 g/mol. The average molecular weight is 559 g/mol. The van der Waals surface area contributed by atoms with Gasteiger partial charge >= 0.3 is 0 Å². The van der Waals surface area contributed by atoms with Gasteiger partial charge in [-0.05, 0) is 30.7 Å². The highest BCUT2D eigenvalue weighted by atomic mass is 35.5. The van der Waals surface area contributed by atoms with Crippen molar-refractivity contribution in [2.45, 2.75) is 26.4 Å². The average Bonchev–Trinajstić information content (AvgIpc) is 3.38. The van der Waals surface area contributed by atoms with Crippen molar-refractivity contribution in [1.29, 1.82) is 0 Å². The highest BCUT2D eigenvalue weighted by molar-refractivity contribution is 6.33. The standard InChI is InChI=1S/C26H19Cl2F3N6O/c1-14-23-18(24(30)31)10-21(15-5-3-2-4-6-15)32-26(23)37(34-14)13-22(38)33-25-20(28)12-36(35-25)11-16-7-8-17(29)9-19(16)27/h2-10,12,24H,11,13H2,1H3,(H,33,35,38). The maximum absolute atomic E-state index is 14.0. The van der Waals surface area contributed by atoms with Crippen molar-refractivity contribution >= 4 is 46.0 Å². The fourth-order valence-electron chi connectivity index (χ4n) is 4.12. The Hall–Kier alpha value is -3.89. The number of hydrogen-bond donors (Lipinski definition) is 1. The zero-order chi connectivity index (χ0) is 27.0. The van der Waals surface area contributed by atoms with Gasteiger partial charge in [0.2, 0.25) is 5.91 Å². The third-order valence-electron chi connectivity index (χ3n) is 5.83. The van der Waals surface area contributed by atoms with E-state index in [1.807, 2.05) is 6.07 Å². The van der Waals surface area contributed by atoms with Crippen LogP contribution in [0.15, 0.2) is 60.8 Å². The lowest BCUT2D eigenvalue weighted by Gasteiger charge is -2.09. The molecule has 3 heterocycles. The molecular weight excluding hydrogens is 540 g/mol. The van der Waals surface area contributed by atoms with Crippen molar-refractivity contribution in [3.8, 4) is 11.3 Å². The first kappa shape index (κ1) is 25.7. The van der Waals surface area contributed by atoms with Crippen LogP contribution in [0.3, 0.4) is 0 Å². The smallest absolute Gasteiger partial charge is 0.264 e. The van der Waals surface area contributed by atoms with Crippen LogP contribution in [0.2, 0.25) is 10.0 Å². The molecule has 0 fully saturated rings. The maximum atomic E-state index is 14.0. The number of benzene rings is 2. The van der Waals surface area contributed by atoms with Gasteiger partial charge in [-0.25, -0.2) is 22.8 Å². The van der Waals surface area contributed by atoms with Crippen LogP contribution < -0.4 is 5.32 Å². The molecule has 0 bridgehead atoms. The van der Waals surface area contributed by atoms with Crippen LogP contribution in [0.5, 0.6) is 0 Å². The topological polar surface area (TPSA) is 77.6 Å². The summed E-state index contributed by atoms with van der Waals surface area (Å²) in [4.78, 5) is 17.5. The van der Waals surface area contributed by atoms with Crippen LogP contribution in [-0.2, 0) is 17.9 Å². The van der Waals surface area contributed by atoms with Crippen LogP contribution >= 0.6 is 23.2 Å². The minimum Gasteiger partial charge on any atom is -0.306 e. The van der Waals surface area contributed by atoms with E-state index in [4.69, 9.17) is 23.2 Å². The SMILES string of the molecule is Cc1nn(CC(=O)Nc2nn(Cc3ccc(F)cc3Cl)cc2Cl)c2nc(-c3ccccc3)cc(C(F)F)c12. The molecule has 12 heteroatoms. The molecule has 0 radical (unpaired) electrons. The number of pyridine rings is 1. The number of aryl methyl sites for hydroxylation is 1. The van der Waals surface area contributed by atoms with E-state index in [1.54, 1.807) is 31.2 Å². The number of aromatic nitrogens is 5. The highest BCUT2D eigenvalue weighted by Gasteiger charge is 2.22. The van der Waals surface area contributed by atoms with Gasteiger partial charge in [-0.15, -0.1) is 0 Å². The lowest BCUT2D eigenvalue weighted by molar-refractivity contribution is -0.116. The third-order valence-corrected chi connectivity index (χ3v) is 6.46. The summed E-state index contributed by atoms with van der Waals surface area (Å²) in [6, 6.07) is 14.3. The molecule has 5 rings (SSSR count). The predicted molar refractivity (Wildman–Crippen MR) is 139 cm³/mol. The molecule has 0 saturated carbocycles. The van der Waals surface area contributed by atoms with E-state index in [-0.39, 0.29) is 45.5 Å². The Balaban J connectivity index is 1.41. The Morgan fingerprint density at radius 2 is 1.82 bits per heavy atom. The Labute approximate surface area is 224 Å². The molecule has 2 aromatic carbocycles. The number of carbonyl (C=O) groups is 1. The van der Waals surface area contributed by atoms with Crippen LogP contribution in [0, 0.1) is 12.7 Å². The van der Waals surface area contributed by atoms with Gasteiger partial charge in [0.1, 0.15) is 17.4 Å². The van der Waals surface area contributed by atoms with Crippen molar-refractivity contribution in [2.75, 3.05) is 5.32 Å². The van der Waals surface area contributed by atoms with Gasteiger partial charge in [0.05, 0.1) is 23.3 Å². The molecule has 0 saturated heterocycles. The highest BCUT2D eigenvalue weighted by Crippen LogP contribution is 2.33. The number of nitrogens with one attached hydrogen (secondary N) is 1. The van der Waals surface area contributed by atoms with Gasteiger partial charge in [0.15, 0.2) is 11.5 Å². The largest absolute Gasteiger partial charge is 0.306 e. The van der Waals surface area contributed by atoms with Gasteiger partial charge < -0.3 is 5.32 Å². The van der Waals surface area contributed by atoms with Crippen molar-refractivity contribution in [1.82, 2.24) is 24.5 Å². The van der Waals surface area contributed by atoms with Crippen molar-refractivity contribution in [3.63, 3.8) is 0 Å². The molecule has 0 atom stereocenters. The summed E-state index contributed by atoms with van der Waals surface area (Å²) < 4.78 is 44.0. The van der Waals surface area contributed by atoms with Crippen molar-refractivity contribution in [3.05, 3.63) is 93.5 Å². The molecule has 5 aromatic rings. The summed E-state index contributed by atoms with van der Waals surface area (Å²) in [5.74, 6) is -0.904. The Morgan fingerprint density at radius 1 is 1.05 bits per heavy atom. The molecule has 38 heavy (non-hydrogen) atoms. The number of carbonyl (C=O) groups excluding carboxylic acids is 1. The van der Waals surface area contributed by atoms with E-state index in [1.165, 1.54) is 39.8 Å². The number of anilines is 1. The first-order valence-corrected chi connectivity index (χ1v) is 12.1. The second-order valence-corrected chi connectivity index (χ2v) is 9.33. The molecule has 7 nitrogen and oxygen atoms in total. The van der Waals surface area contributed by atoms with E-state index in [0.717, 1.165) is 0 Å². The number of nitrogens with zero attached hydrogens (tertiary/aromatic N) is 5. The quantitative estimate of drug-likeness (QED) is 0.242. The zero-order valence-corrected chi connectivity index (χ0v) is 21.3. The van der Waals surface area contributed by atoms with E-state index in [2.05, 4.69) is 20.5 Å². The normalized spacial score (nSPS) is 11.4. The van der Waals surface area contributed by atoms with Crippen LogP contribution in [-0.4, -0.2) is 30.5 Å². The van der Waals surface area contributed by atoms with Gasteiger partial charge in [0, 0.05) is 22.3 Å². The molecule has 194 valence electrons. The van der Waals surface area contributed by atoms with Crippen LogP contribution in [0.25, 0.3) is 22.3 Å². The minimum atomic E-state index is -2.76. The van der Waals surface area contributed by atoms with Crippen LogP contribution in [0.1, 0.15) is 23.2 Å². The summed E-state index contributed by atoms with van der Waals surface area (Å²) in [5, 5.41) is 11.8. The molecule has 1 amide bonds. The summed E-state index contributed by atoms with van der Waals surface area (Å²) in [5.41, 5.74) is 1.89. The summed E-state index contributed by atoms with van der Waals surface area (Å²) in [6.07, 6.45) is -1.27. The summed E-state index contributed by atoms with van der Waals surface area (Å²) in [6.45, 7) is 1.47. The Kier molecular flexibility index (Phi) is 7.09. The lowest BCUT2D eigenvalue weighted by Crippen LogP contribution is -2.20. The molecule has 0 unspecified atom stereocenters. The Morgan fingerprint density at radius 3 is 2.53 bits per heavy atom. The van der Waals surface area contributed by atoms with E-state index in [0.29, 0.717) is 22.5 Å². The van der Waals surface area contributed by atoms with Gasteiger partial charge in [-0.2, -0.15) is 10.2 Å². The zero-order valence-electron chi connectivity index (χ0n) is 19.8. The number of hydrogen-bond acceptors (Lipinski definition) is 4. The first-order chi connectivity index (χ1) is 18.2. The van der Waals surface area contributed by atoms with E-state index in [9.17, 15) is 18.0 Å². The van der Waals surface area contributed by atoms with E-state index >= 15 is 0 Å². The van der Waals surface area contributed by atoms with Gasteiger partial charge in [-0.1, -0.05) is 59.6 Å². The number of amides is 1. The molecule has 3 aromatic heterocycles. The minimum absolute atomic E-state index is 0.0919. The second-order valence-electron chi connectivity index (χ2n) is 8.51. The number of alkyl halides is 2. The molecular formula is C26H19Cl2F3N6O. The van der Waals surface area contributed by atoms with Crippen molar-refractivity contribution < 1.29 is 18.0 Å². The molecule has 0 spiro atoms. The number of halogens is 5. The lowest BCUT2D eigenvalue weighted by atomic mass is 10.1. The first-order valence-electron chi connectivity index (χ1n) is 11.4. The molecule has 0 aliphatic heterocycles. The third kappa shape index (κ3) is 5.23. The number of rotatable bonds is 7. The maximum Gasteiger partial charge on any atom is 0.264 e. The second kappa shape index (κ2) is 10.5. The number of fused-ring (bicyclic) bond motifs is 1. The Bertz CT molecular complexity index is 1650. The molecule has 1 N–H and O–H groups in total. The van der Waals surface area contributed by atoms with Gasteiger partial charge in [-0.3, -0.25) is 9.48 Å².